The van der Waals surface area contributed by atoms with Crippen LogP contribution >= 0.6 is 0 Å². The lowest BCUT2D eigenvalue weighted by molar-refractivity contribution is -0.125. The average molecular weight is 246 g/mol. The predicted molar refractivity (Wildman–Crippen MR) is 63.2 cm³/mol. The summed E-state index contributed by atoms with van der Waals surface area (Å²) in [6.07, 6.45) is 0.528. The molecule has 0 bridgehead atoms. The van der Waals surface area contributed by atoms with Crippen LogP contribution in [0.15, 0.2) is 0 Å². The molecule has 6 nitrogen and oxygen atoms in total. The van der Waals surface area contributed by atoms with E-state index in [1.807, 2.05) is 20.8 Å². The Morgan fingerprint density at radius 3 is 2.12 bits per heavy atom. The normalized spacial score (nSPS) is 15.1. The molecule has 6 heteroatoms. The predicted octanol–water partition coefficient (Wildman–Crippen LogP) is -0.371. The average Bonchev–Trinajstić information content (AvgIpc) is 2.20. The zero-order chi connectivity index (χ0) is 13.6. The Hall–Kier alpha value is -1.14. The number of aliphatic hydroxyl groups excluding tert-OH is 2. The van der Waals surface area contributed by atoms with Crippen LogP contribution in [0.5, 0.6) is 0 Å². The van der Waals surface area contributed by atoms with E-state index in [2.05, 4.69) is 5.32 Å². The molecule has 0 rings (SSSR count). The number of nitrogens with two attached hydrogens (primary N) is 1. The Morgan fingerprint density at radius 2 is 1.82 bits per heavy atom. The van der Waals surface area contributed by atoms with Gasteiger partial charge in [-0.15, -0.1) is 0 Å². The van der Waals surface area contributed by atoms with E-state index in [0.29, 0.717) is 6.42 Å². The minimum absolute atomic E-state index is 0.110. The molecule has 0 aliphatic rings. The topological polar surface area (TPSA) is 113 Å². The van der Waals surface area contributed by atoms with Gasteiger partial charge in [-0.2, -0.15) is 0 Å². The lowest BCUT2D eigenvalue weighted by Crippen LogP contribution is -2.50. The second-order valence-corrected chi connectivity index (χ2v) is 5.32. The molecular formula is C11H22N2O4. The Balaban J connectivity index is 4.84. The van der Waals surface area contributed by atoms with Crippen molar-refractivity contribution in [3.05, 3.63) is 0 Å². The first-order valence-electron chi connectivity index (χ1n) is 5.51. The van der Waals surface area contributed by atoms with E-state index in [4.69, 9.17) is 10.8 Å². The summed E-state index contributed by atoms with van der Waals surface area (Å²) in [7, 11) is 0. The van der Waals surface area contributed by atoms with Gasteiger partial charge in [-0.05, 0) is 11.8 Å². The number of carbonyl (C=O) groups excluding carboxylic acids is 2. The number of hydrogen-bond acceptors (Lipinski definition) is 4. The van der Waals surface area contributed by atoms with Crippen LogP contribution in [0.4, 0.5) is 4.79 Å². The van der Waals surface area contributed by atoms with Crippen LogP contribution in [-0.2, 0) is 4.79 Å². The molecule has 0 saturated carbocycles. The van der Waals surface area contributed by atoms with Gasteiger partial charge in [0, 0.05) is 12.5 Å². The Morgan fingerprint density at radius 1 is 1.29 bits per heavy atom. The number of amides is 2. The minimum Gasteiger partial charge on any atom is -0.396 e. The number of rotatable bonds is 6. The van der Waals surface area contributed by atoms with Gasteiger partial charge in [-0.25, -0.2) is 4.79 Å². The van der Waals surface area contributed by atoms with Crippen LogP contribution in [0.25, 0.3) is 0 Å². The van der Waals surface area contributed by atoms with Crippen LogP contribution in [-0.4, -0.2) is 41.3 Å². The van der Waals surface area contributed by atoms with E-state index in [9.17, 15) is 14.7 Å². The molecule has 0 radical (unpaired) electrons. The van der Waals surface area contributed by atoms with Gasteiger partial charge in [0.25, 0.3) is 0 Å². The Bertz CT molecular complexity index is 273. The number of urea groups is 1. The quantitative estimate of drug-likeness (QED) is 0.512. The van der Waals surface area contributed by atoms with Crippen molar-refractivity contribution in [2.24, 2.45) is 17.1 Å². The highest BCUT2D eigenvalue weighted by Gasteiger charge is 2.31. The number of nitrogens with one attached hydrogen (secondary N) is 1. The van der Waals surface area contributed by atoms with Gasteiger partial charge >= 0.3 is 6.03 Å². The summed E-state index contributed by atoms with van der Waals surface area (Å²) in [6, 6.07) is -1.79. The van der Waals surface area contributed by atoms with Crippen LogP contribution < -0.4 is 11.1 Å². The summed E-state index contributed by atoms with van der Waals surface area (Å²) >= 11 is 0. The summed E-state index contributed by atoms with van der Waals surface area (Å²) in [5.41, 5.74) is 4.87. The van der Waals surface area contributed by atoms with Crippen LogP contribution in [0.3, 0.4) is 0 Å². The van der Waals surface area contributed by atoms with Gasteiger partial charge in [-0.1, -0.05) is 20.8 Å². The monoisotopic (exact) mass is 246 g/mol. The highest BCUT2D eigenvalue weighted by atomic mass is 16.3. The van der Waals surface area contributed by atoms with Crippen molar-refractivity contribution in [2.45, 2.75) is 33.2 Å². The third kappa shape index (κ3) is 6.23. The molecule has 0 aromatic rings. The number of ketones is 1. The van der Waals surface area contributed by atoms with E-state index in [-0.39, 0.29) is 12.0 Å². The van der Waals surface area contributed by atoms with Crippen LogP contribution in [0, 0.1) is 11.3 Å². The number of Topliss-reactive ketones (excluding diaryl/α,β-unsaturated/α-hetero) is 1. The molecular weight excluding hydrogens is 224 g/mol. The van der Waals surface area contributed by atoms with E-state index >= 15 is 0 Å². The van der Waals surface area contributed by atoms with Crippen molar-refractivity contribution < 1.29 is 19.8 Å². The molecule has 0 heterocycles. The molecule has 17 heavy (non-hydrogen) atoms. The van der Waals surface area contributed by atoms with Crippen molar-refractivity contribution >= 4 is 11.8 Å². The van der Waals surface area contributed by atoms with E-state index < -0.39 is 30.4 Å². The highest BCUT2D eigenvalue weighted by Crippen LogP contribution is 2.26. The maximum absolute atomic E-state index is 11.5. The van der Waals surface area contributed by atoms with Gasteiger partial charge in [-0.3, -0.25) is 4.79 Å². The zero-order valence-corrected chi connectivity index (χ0v) is 10.6. The van der Waals surface area contributed by atoms with Gasteiger partial charge in [0.2, 0.25) is 0 Å². The Kier molecular flexibility index (Phi) is 6.12. The molecule has 0 aliphatic heterocycles. The number of aliphatic hydroxyl groups is 2. The molecule has 5 N–H and O–H groups in total. The number of hydrogen-bond donors (Lipinski definition) is 4. The van der Waals surface area contributed by atoms with Crippen molar-refractivity contribution in [3.8, 4) is 0 Å². The minimum atomic E-state index is -0.943. The van der Waals surface area contributed by atoms with Gasteiger partial charge in [0.05, 0.1) is 6.04 Å². The van der Waals surface area contributed by atoms with E-state index in [1.54, 1.807) is 0 Å². The fourth-order valence-electron chi connectivity index (χ4n) is 1.79. The fraction of sp³-hybridized carbons (Fsp3) is 0.818. The third-order valence-corrected chi connectivity index (χ3v) is 2.38. The zero-order valence-electron chi connectivity index (χ0n) is 10.6. The molecule has 0 spiro atoms. The molecule has 0 aliphatic carbocycles. The van der Waals surface area contributed by atoms with E-state index in [1.165, 1.54) is 0 Å². The second kappa shape index (κ2) is 6.56. The first-order valence-corrected chi connectivity index (χ1v) is 5.51. The summed E-state index contributed by atoms with van der Waals surface area (Å²) in [5, 5.41) is 20.4. The maximum Gasteiger partial charge on any atom is 0.312 e. The first-order chi connectivity index (χ1) is 7.71. The summed E-state index contributed by atoms with van der Waals surface area (Å²) in [5.74, 6) is -1.01. The van der Waals surface area contributed by atoms with Gasteiger partial charge < -0.3 is 21.3 Å². The lowest BCUT2D eigenvalue weighted by Gasteiger charge is -2.30. The summed E-state index contributed by atoms with van der Waals surface area (Å²) in [6.45, 7) is 4.93. The summed E-state index contributed by atoms with van der Waals surface area (Å²) in [4.78, 5) is 22.3. The summed E-state index contributed by atoms with van der Waals surface area (Å²) < 4.78 is 0. The Labute approximate surface area is 101 Å². The van der Waals surface area contributed by atoms with Gasteiger partial charge in [0.1, 0.15) is 6.61 Å². The second-order valence-electron chi connectivity index (χ2n) is 5.32. The van der Waals surface area contributed by atoms with Crippen molar-refractivity contribution in [1.82, 2.24) is 5.32 Å². The molecule has 0 aromatic carbocycles. The highest BCUT2D eigenvalue weighted by molar-refractivity contribution is 5.89. The van der Waals surface area contributed by atoms with Crippen molar-refractivity contribution in [2.75, 3.05) is 13.2 Å². The van der Waals surface area contributed by atoms with Crippen molar-refractivity contribution in [3.63, 3.8) is 0 Å². The number of primary amides is 1. The molecule has 0 fully saturated rings. The largest absolute Gasteiger partial charge is 0.396 e. The van der Waals surface area contributed by atoms with Crippen LogP contribution in [0.2, 0.25) is 0 Å². The smallest absolute Gasteiger partial charge is 0.312 e. The third-order valence-electron chi connectivity index (χ3n) is 2.38. The van der Waals surface area contributed by atoms with Gasteiger partial charge in [0.15, 0.2) is 5.78 Å². The number of carbonyl (C=O) groups is 2. The maximum atomic E-state index is 11.5. The van der Waals surface area contributed by atoms with Crippen LogP contribution in [0.1, 0.15) is 27.2 Å². The molecule has 0 aromatic heterocycles. The lowest BCUT2D eigenvalue weighted by atomic mass is 9.80. The molecule has 2 atom stereocenters. The molecule has 0 saturated heterocycles. The molecule has 100 valence electrons. The first kappa shape index (κ1) is 15.9. The molecule has 2 unspecified atom stereocenters. The SMILES string of the molecule is CC(C)(C)CC(CO)C(NC(N)=O)C(=O)CO. The van der Waals surface area contributed by atoms with Crippen molar-refractivity contribution in [1.29, 1.82) is 0 Å². The standard InChI is InChI=1S/C11H22N2O4/c1-11(2,3)4-7(5-14)9(8(16)6-15)13-10(12)17/h7,9,14-15H,4-6H2,1-3H3,(H3,12,13,17). The molecule has 2 amide bonds. The fourth-order valence-corrected chi connectivity index (χ4v) is 1.79. The van der Waals surface area contributed by atoms with E-state index in [0.717, 1.165) is 0 Å².